The van der Waals surface area contributed by atoms with Crippen molar-refractivity contribution in [2.24, 2.45) is 0 Å². The van der Waals surface area contributed by atoms with E-state index in [9.17, 15) is 4.79 Å². The molecular weight excluding hydrogens is 354 g/mol. The molecule has 0 N–H and O–H groups in total. The summed E-state index contributed by atoms with van der Waals surface area (Å²) in [6, 6.07) is 9.45. The molecule has 0 saturated carbocycles. The van der Waals surface area contributed by atoms with E-state index in [2.05, 4.69) is 10.1 Å². The number of hydrogen-bond donors (Lipinski definition) is 0. The summed E-state index contributed by atoms with van der Waals surface area (Å²) < 4.78 is 8.20. The van der Waals surface area contributed by atoms with Gasteiger partial charge in [0.25, 0.3) is 0 Å². The van der Waals surface area contributed by atoms with Crippen LogP contribution >= 0.6 is 23.1 Å². The lowest BCUT2D eigenvalue weighted by Gasteiger charge is -2.06. The number of hydrogen-bond acceptors (Lipinski definition) is 6. The Labute approximate surface area is 155 Å². The number of rotatable bonds is 8. The van der Waals surface area contributed by atoms with Crippen LogP contribution in [0.4, 0.5) is 0 Å². The Morgan fingerprint density at radius 3 is 2.84 bits per heavy atom. The van der Waals surface area contributed by atoms with Gasteiger partial charge in [0.1, 0.15) is 4.34 Å². The van der Waals surface area contributed by atoms with Crippen molar-refractivity contribution in [2.75, 3.05) is 6.61 Å². The maximum absolute atomic E-state index is 12.0. The van der Waals surface area contributed by atoms with E-state index in [0.717, 1.165) is 34.3 Å². The van der Waals surface area contributed by atoms with Gasteiger partial charge in [0, 0.05) is 42.2 Å². The van der Waals surface area contributed by atoms with Crippen LogP contribution in [0.5, 0.6) is 0 Å². The lowest BCUT2D eigenvalue weighted by molar-refractivity contribution is 0.0495. The summed E-state index contributed by atoms with van der Waals surface area (Å²) in [5.41, 5.74) is 2.80. The van der Waals surface area contributed by atoms with Crippen LogP contribution in [-0.4, -0.2) is 27.3 Å². The van der Waals surface area contributed by atoms with Crippen molar-refractivity contribution in [1.82, 2.24) is 14.8 Å². The molecule has 1 aromatic carbocycles. The van der Waals surface area contributed by atoms with Crippen LogP contribution in [0.25, 0.3) is 0 Å². The second-order valence-electron chi connectivity index (χ2n) is 5.50. The molecule has 0 amide bonds. The highest BCUT2D eigenvalue weighted by Gasteiger charge is 2.07. The van der Waals surface area contributed by atoms with Crippen LogP contribution in [-0.2, 0) is 17.0 Å². The molecular formula is C18H19N3O2S2. The fourth-order valence-electron chi connectivity index (χ4n) is 2.19. The molecule has 2 heterocycles. The molecule has 0 spiro atoms. The van der Waals surface area contributed by atoms with Crippen LogP contribution < -0.4 is 0 Å². The Hall–Kier alpha value is -2.12. The summed E-state index contributed by atoms with van der Waals surface area (Å²) in [6.07, 6.45) is 4.38. The van der Waals surface area contributed by atoms with Crippen LogP contribution in [0.2, 0.25) is 0 Å². The number of ether oxygens (including phenoxy) is 1. The summed E-state index contributed by atoms with van der Waals surface area (Å²) in [5, 5.41) is 6.16. The number of nitrogens with zero attached hydrogens (tertiary/aromatic N) is 3. The van der Waals surface area contributed by atoms with Crippen molar-refractivity contribution in [2.45, 2.75) is 30.0 Å². The number of carbonyl (C=O) groups is 1. The summed E-state index contributed by atoms with van der Waals surface area (Å²) in [4.78, 5) is 16.5. The van der Waals surface area contributed by atoms with Gasteiger partial charge in [-0.1, -0.05) is 23.9 Å². The lowest BCUT2D eigenvalue weighted by Crippen LogP contribution is -2.09. The number of aryl methyl sites for hydroxylation is 2. The predicted molar refractivity (Wildman–Crippen MR) is 100.0 cm³/mol. The molecule has 3 rings (SSSR count). The molecule has 3 aromatic rings. The van der Waals surface area contributed by atoms with Gasteiger partial charge in [0.05, 0.1) is 12.2 Å². The van der Waals surface area contributed by atoms with Gasteiger partial charge >= 0.3 is 5.97 Å². The number of carbonyl (C=O) groups excluding carboxylic acids is 1. The molecule has 25 heavy (non-hydrogen) atoms. The van der Waals surface area contributed by atoms with Gasteiger partial charge in [-0.05, 0) is 30.7 Å². The molecule has 130 valence electrons. The molecule has 7 heteroatoms. The lowest BCUT2D eigenvalue weighted by atomic mass is 10.1. The first-order valence-electron chi connectivity index (χ1n) is 7.99. The predicted octanol–water partition coefficient (Wildman–Crippen LogP) is 4.19. The number of thiazole rings is 1. The molecule has 0 unspecified atom stereocenters. The van der Waals surface area contributed by atoms with E-state index in [0.29, 0.717) is 12.2 Å². The molecule has 0 bridgehead atoms. The highest BCUT2D eigenvalue weighted by Crippen LogP contribution is 2.26. The number of aromatic nitrogens is 3. The van der Waals surface area contributed by atoms with E-state index in [1.807, 2.05) is 53.5 Å². The summed E-state index contributed by atoms with van der Waals surface area (Å²) in [7, 11) is 0. The molecule has 0 atom stereocenters. The third-order valence-electron chi connectivity index (χ3n) is 3.47. The van der Waals surface area contributed by atoms with E-state index in [1.165, 1.54) is 0 Å². The van der Waals surface area contributed by atoms with E-state index < -0.39 is 0 Å². The van der Waals surface area contributed by atoms with Crippen LogP contribution in [0.1, 0.15) is 28.0 Å². The summed E-state index contributed by atoms with van der Waals surface area (Å²) in [6.45, 7) is 3.13. The van der Waals surface area contributed by atoms with Gasteiger partial charge in [-0.3, -0.25) is 4.68 Å². The fourth-order valence-corrected chi connectivity index (χ4v) is 3.99. The number of thioether (sulfide) groups is 1. The summed E-state index contributed by atoms with van der Waals surface area (Å²) >= 11 is 3.37. The number of esters is 1. The zero-order valence-electron chi connectivity index (χ0n) is 13.9. The van der Waals surface area contributed by atoms with Gasteiger partial charge < -0.3 is 4.74 Å². The number of benzene rings is 1. The van der Waals surface area contributed by atoms with Crippen molar-refractivity contribution in [3.8, 4) is 0 Å². The third kappa shape index (κ3) is 5.44. The molecule has 0 aliphatic rings. The van der Waals surface area contributed by atoms with Crippen LogP contribution in [0, 0.1) is 6.92 Å². The van der Waals surface area contributed by atoms with Crippen molar-refractivity contribution in [1.29, 1.82) is 0 Å². The minimum absolute atomic E-state index is 0.282. The normalized spacial score (nSPS) is 10.8. The van der Waals surface area contributed by atoms with E-state index in [-0.39, 0.29) is 5.97 Å². The maximum Gasteiger partial charge on any atom is 0.338 e. The van der Waals surface area contributed by atoms with Crippen LogP contribution in [0.15, 0.2) is 52.4 Å². The minimum Gasteiger partial charge on any atom is -0.462 e. The summed E-state index contributed by atoms with van der Waals surface area (Å²) in [5.74, 6) is 0.557. The quantitative estimate of drug-likeness (QED) is 0.337. The van der Waals surface area contributed by atoms with Crippen molar-refractivity contribution >= 4 is 29.1 Å². The van der Waals surface area contributed by atoms with Gasteiger partial charge in [0.2, 0.25) is 0 Å². The average molecular weight is 374 g/mol. The SMILES string of the molecule is Cc1csc(SCc2ccc(C(=O)OCCCn3cccn3)cc2)n1. The molecule has 0 fully saturated rings. The zero-order chi connectivity index (χ0) is 17.5. The first-order chi connectivity index (χ1) is 12.2. The van der Waals surface area contributed by atoms with E-state index >= 15 is 0 Å². The highest BCUT2D eigenvalue weighted by atomic mass is 32.2. The molecule has 5 nitrogen and oxygen atoms in total. The second-order valence-corrected chi connectivity index (χ2v) is 7.58. The Bertz CT molecular complexity index is 798. The topological polar surface area (TPSA) is 57.0 Å². The fraction of sp³-hybridized carbons (Fsp3) is 0.278. The first-order valence-corrected chi connectivity index (χ1v) is 9.85. The third-order valence-corrected chi connectivity index (χ3v) is 5.68. The molecule has 0 radical (unpaired) electrons. The monoisotopic (exact) mass is 373 g/mol. The van der Waals surface area contributed by atoms with Gasteiger partial charge in [-0.25, -0.2) is 9.78 Å². The largest absolute Gasteiger partial charge is 0.462 e. The Balaban J connectivity index is 1.42. The first kappa shape index (κ1) is 17.7. The average Bonchev–Trinajstić information content (AvgIpc) is 3.29. The minimum atomic E-state index is -0.282. The zero-order valence-corrected chi connectivity index (χ0v) is 15.6. The molecule has 2 aromatic heterocycles. The molecule has 0 aliphatic heterocycles. The van der Waals surface area contributed by atoms with Gasteiger partial charge in [-0.15, -0.1) is 11.3 Å². The van der Waals surface area contributed by atoms with Gasteiger partial charge in [-0.2, -0.15) is 5.10 Å². The van der Waals surface area contributed by atoms with Crippen molar-refractivity contribution in [3.63, 3.8) is 0 Å². The van der Waals surface area contributed by atoms with E-state index in [4.69, 9.17) is 4.74 Å². The van der Waals surface area contributed by atoms with Crippen molar-refractivity contribution in [3.05, 3.63) is 64.9 Å². The second kappa shape index (κ2) is 8.82. The van der Waals surface area contributed by atoms with E-state index in [1.54, 1.807) is 29.3 Å². The standard InChI is InChI=1S/C18H19N3O2S2/c1-14-12-24-18(20-14)25-13-15-4-6-16(7-5-15)17(22)23-11-3-10-21-9-2-8-19-21/h2,4-9,12H,3,10-11,13H2,1H3. The molecule has 0 saturated heterocycles. The Morgan fingerprint density at radius 1 is 1.32 bits per heavy atom. The Kier molecular flexibility index (Phi) is 6.25. The Morgan fingerprint density at radius 2 is 2.16 bits per heavy atom. The van der Waals surface area contributed by atoms with Crippen LogP contribution in [0.3, 0.4) is 0 Å². The smallest absolute Gasteiger partial charge is 0.338 e. The highest BCUT2D eigenvalue weighted by molar-refractivity contribution is 8.00. The molecule has 0 aliphatic carbocycles. The van der Waals surface area contributed by atoms with Gasteiger partial charge in [0.15, 0.2) is 0 Å². The van der Waals surface area contributed by atoms with Crippen molar-refractivity contribution < 1.29 is 9.53 Å². The maximum atomic E-state index is 12.0.